The van der Waals surface area contributed by atoms with Crippen LogP contribution in [0.4, 0.5) is 19.0 Å². The molecule has 0 unspecified atom stereocenters. The molecular weight excluding hydrogens is 237 g/mol. The zero-order valence-corrected chi connectivity index (χ0v) is 9.04. The lowest BCUT2D eigenvalue weighted by Crippen LogP contribution is -2.24. The summed E-state index contributed by atoms with van der Waals surface area (Å²) in [6, 6.07) is 4.94. The van der Waals surface area contributed by atoms with Gasteiger partial charge in [-0.05, 0) is 19.1 Å². The molecule has 1 aromatic heterocycles. The first-order valence-electron chi connectivity index (χ1n) is 4.75. The van der Waals surface area contributed by atoms with E-state index in [4.69, 9.17) is 0 Å². The highest BCUT2D eigenvalue weighted by Crippen LogP contribution is 2.14. The minimum absolute atomic E-state index is 0.283. The van der Waals surface area contributed by atoms with E-state index in [2.05, 4.69) is 15.0 Å². The van der Waals surface area contributed by atoms with Crippen molar-refractivity contribution in [1.29, 1.82) is 0 Å². The average Bonchev–Trinajstić information content (AvgIpc) is 2.15. The van der Waals surface area contributed by atoms with E-state index in [0.717, 1.165) is 0 Å². The Morgan fingerprint density at radius 2 is 2.18 bits per heavy atom. The third kappa shape index (κ3) is 5.86. The largest absolute Gasteiger partial charge is 0.411 e. The van der Waals surface area contributed by atoms with E-state index in [1.54, 1.807) is 19.1 Å². The van der Waals surface area contributed by atoms with E-state index in [-0.39, 0.29) is 5.82 Å². The minimum atomic E-state index is -4.43. The number of ether oxygens (including phenoxy) is 1. The topological polar surface area (TPSA) is 51.2 Å². The molecule has 0 spiro atoms. The van der Waals surface area contributed by atoms with Crippen LogP contribution in [0.1, 0.15) is 5.69 Å². The van der Waals surface area contributed by atoms with Crippen LogP contribution in [-0.2, 0) is 9.53 Å². The van der Waals surface area contributed by atoms with E-state index < -0.39 is 25.3 Å². The molecule has 0 fully saturated rings. The molecule has 0 bridgehead atoms. The second-order valence-electron chi connectivity index (χ2n) is 3.32. The van der Waals surface area contributed by atoms with Crippen molar-refractivity contribution in [3.63, 3.8) is 0 Å². The second-order valence-corrected chi connectivity index (χ2v) is 3.32. The number of alkyl halides is 3. The first-order chi connectivity index (χ1) is 7.87. The quantitative estimate of drug-likeness (QED) is 0.885. The predicted octanol–water partition coefficient (Wildman–Crippen LogP) is 1.91. The summed E-state index contributed by atoms with van der Waals surface area (Å²) in [5.41, 5.74) is 0.694. The van der Waals surface area contributed by atoms with Crippen LogP contribution in [0, 0.1) is 6.92 Å². The monoisotopic (exact) mass is 248 g/mol. The molecule has 1 heterocycles. The van der Waals surface area contributed by atoms with Crippen molar-refractivity contribution in [3.8, 4) is 0 Å². The highest BCUT2D eigenvalue weighted by Gasteiger charge is 2.27. The molecular formula is C10H11F3N2O2. The van der Waals surface area contributed by atoms with Gasteiger partial charge in [-0.25, -0.2) is 4.98 Å². The summed E-state index contributed by atoms with van der Waals surface area (Å²) in [7, 11) is 0. The number of halogens is 3. The number of nitrogens with one attached hydrogen (secondary N) is 1. The summed E-state index contributed by atoms with van der Waals surface area (Å²) in [5, 5.41) is 2.33. The molecule has 0 atom stereocenters. The van der Waals surface area contributed by atoms with Gasteiger partial charge < -0.3 is 10.1 Å². The van der Waals surface area contributed by atoms with Crippen molar-refractivity contribution in [2.24, 2.45) is 0 Å². The maximum Gasteiger partial charge on any atom is 0.411 e. The third-order valence-corrected chi connectivity index (χ3v) is 1.65. The molecule has 0 aliphatic rings. The summed E-state index contributed by atoms with van der Waals surface area (Å²) in [4.78, 5) is 15.1. The van der Waals surface area contributed by atoms with Gasteiger partial charge in [0.1, 0.15) is 19.0 Å². The number of hydrogen-bond donors (Lipinski definition) is 1. The fourth-order valence-corrected chi connectivity index (χ4v) is 1.05. The van der Waals surface area contributed by atoms with Gasteiger partial charge in [0.05, 0.1) is 0 Å². The van der Waals surface area contributed by atoms with Gasteiger partial charge in [-0.1, -0.05) is 6.07 Å². The number of carbonyl (C=O) groups excluding carboxylic acids is 1. The van der Waals surface area contributed by atoms with E-state index in [0.29, 0.717) is 5.69 Å². The second kappa shape index (κ2) is 5.62. The van der Waals surface area contributed by atoms with Gasteiger partial charge in [-0.2, -0.15) is 13.2 Å². The lowest BCUT2D eigenvalue weighted by molar-refractivity contribution is -0.174. The summed E-state index contributed by atoms with van der Waals surface area (Å²) in [6.45, 7) is -0.368. The SMILES string of the molecule is Cc1cccc(NC(=O)COCC(F)(F)F)n1. The number of amides is 1. The Labute approximate surface area is 95.8 Å². The highest BCUT2D eigenvalue weighted by molar-refractivity contribution is 5.90. The number of carbonyl (C=O) groups is 1. The standard InChI is InChI=1S/C10H11F3N2O2/c1-7-3-2-4-8(14-7)15-9(16)5-17-6-10(11,12)13/h2-4H,5-6H2,1H3,(H,14,15,16). The van der Waals surface area contributed by atoms with Crippen molar-refractivity contribution >= 4 is 11.7 Å². The number of nitrogens with zero attached hydrogens (tertiary/aromatic N) is 1. The predicted molar refractivity (Wildman–Crippen MR) is 54.5 cm³/mol. The fraction of sp³-hybridized carbons (Fsp3) is 0.400. The van der Waals surface area contributed by atoms with Gasteiger partial charge in [0.2, 0.25) is 0 Å². The molecule has 0 aliphatic heterocycles. The van der Waals surface area contributed by atoms with Crippen molar-refractivity contribution in [2.75, 3.05) is 18.5 Å². The van der Waals surface area contributed by atoms with Crippen LogP contribution < -0.4 is 5.32 Å². The number of pyridine rings is 1. The zero-order chi connectivity index (χ0) is 12.9. The number of anilines is 1. The van der Waals surface area contributed by atoms with E-state index in [1.165, 1.54) is 6.07 Å². The van der Waals surface area contributed by atoms with Crippen LogP contribution in [0.2, 0.25) is 0 Å². The van der Waals surface area contributed by atoms with Crippen LogP contribution in [0.25, 0.3) is 0 Å². The lowest BCUT2D eigenvalue weighted by atomic mass is 10.4. The van der Waals surface area contributed by atoms with Crippen molar-refractivity contribution in [1.82, 2.24) is 4.98 Å². The van der Waals surface area contributed by atoms with E-state index in [1.807, 2.05) is 0 Å². The maximum absolute atomic E-state index is 11.7. The fourth-order valence-electron chi connectivity index (χ4n) is 1.05. The molecule has 7 heteroatoms. The molecule has 4 nitrogen and oxygen atoms in total. The van der Waals surface area contributed by atoms with Crippen LogP contribution in [0.15, 0.2) is 18.2 Å². The van der Waals surface area contributed by atoms with Crippen LogP contribution in [-0.4, -0.2) is 30.3 Å². The maximum atomic E-state index is 11.7. The number of aryl methyl sites for hydroxylation is 1. The summed E-state index contributed by atoms with van der Waals surface area (Å²) in [5.74, 6) is -0.391. The minimum Gasteiger partial charge on any atom is -0.362 e. The van der Waals surface area contributed by atoms with Crippen molar-refractivity contribution in [2.45, 2.75) is 13.1 Å². The van der Waals surface area contributed by atoms with Gasteiger partial charge in [0, 0.05) is 5.69 Å². The van der Waals surface area contributed by atoms with Crippen LogP contribution >= 0.6 is 0 Å². The number of rotatable bonds is 4. The Morgan fingerprint density at radius 3 is 2.76 bits per heavy atom. The summed E-state index contributed by atoms with van der Waals surface area (Å²) in [6.07, 6.45) is -4.43. The van der Waals surface area contributed by atoms with Crippen LogP contribution in [0.5, 0.6) is 0 Å². The normalized spacial score (nSPS) is 11.3. The molecule has 17 heavy (non-hydrogen) atoms. The van der Waals surface area contributed by atoms with Gasteiger partial charge in [0.15, 0.2) is 0 Å². The number of aromatic nitrogens is 1. The molecule has 0 radical (unpaired) electrons. The van der Waals surface area contributed by atoms with Crippen molar-refractivity contribution < 1.29 is 22.7 Å². The lowest BCUT2D eigenvalue weighted by Gasteiger charge is -2.08. The molecule has 0 saturated carbocycles. The first kappa shape index (κ1) is 13.4. The van der Waals surface area contributed by atoms with Gasteiger partial charge >= 0.3 is 6.18 Å². The zero-order valence-electron chi connectivity index (χ0n) is 9.04. The molecule has 0 aliphatic carbocycles. The van der Waals surface area contributed by atoms with Crippen molar-refractivity contribution in [3.05, 3.63) is 23.9 Å². The van der Waals surface area contributed by atoms with E-state index in [9.17, 15) is 18.0 Å². The molecule has 0 aromatic carbocycles. The first-order valence-corrected chi connectivity index (χ1v) is 4.75. The molecule has 1 N–H and O–H groups in total. The highest BCUT2D eigenvalue weighted by atomic mass is 19.4. The van der Waals surface area contributed by atoms with Gasteiger partial charge in [-0.15, -0.1) is 0 Å². The average molecular weight is 248 g/mol. The Bertz CT molecular complexity index is 393. The number of hydrogen-bond acceptors (Lipinski definition) is 3. The molecule has 1 rings (SSSR count). The Morgan fingerprint density at radius 1 is 1.47 bits per heavy atom. The van der Waals surface area contributed by atoms with E-state index >= 15 is 0 Å². The van der Waals surface area contributed by atoms with Crippen LogP contribution in [0.3, 0.4) is 0 Å². The molecule has 94 valence electrons. The molecule has 1 aromatic rings. The Kier molecular flexibility index (Phi) is 4.45. The molecule has 0 saturated heterocycles. The third-order valence-electron chi connectivity index (χ3n) is 1.65. The summed E-state index contributed by atoms with van der Waals surface area (Å²) < 4.78 is 39.3. The Balaban J connectivity index is 2.35. The Hall–Kier alpha value is -1.63. The smallest absolute Gasteiger partial charge is 0.362 e. The summed E-state index contributed by atoms with van der Waals surface area (Å²) >= 11 is 0. The van der Waals surface area contributed by atoms with Gasteiger partial charge in [-0.3, -0.25) is 4.79 Å². The molecule has 1 amide bonds. The van der Waals surface area contributed by atoms with Gasteiger partial charge in [0.25, 0.3) is 5.91 Å².